The smallest absolute Gasteiger partial charge is 0.192 e. The molecule has 0 bridgehead atoms. The van der Waals surface area contributed by atoms with Crippen LogP contribution < -0.4 is 0 Å². The fraction of sp³-hybridized carbons (Fsp3) is 0.350. The first-order chi connectivity index (χ1) is 13.2. The van der Waals surface area contributed by atoms with Crippen molar-refractivity contribution in [3.05, 3.63) is 46.5 Å². The maximum absolute atomic E-state index is 4.75. The second-order valence-corrected chi connectivity index (χ2v) is 9.11. The van der Waals surface area contributed by atoms with E-state index in [-0.39, 0.29) is 0 Å². The van der Waals surface area contributed by atoms with Crippen LogP contribution in [0.4, 0.5) is 0 Å². The van der Waals surface area contributed by atoms with E-state index in [0.29, 0.717) is 12.0 Å². The van der Waals surface area contributed by atoms with Gasteiger partial charge in [0.2, 0.25) is 0 Å². The number of hydrogen-bond acceptors (Lipinski definition) is 5. The molecule has 3 aromatic heterocycles. The average molecular weight is 396 g/mol. The van der Waals surface area contributed by atoms with Gasteiger partial charge in [0, 0.05) is 45.8 Å². The maximum atomic E-state index is 4.75. The van der Waals surface area contributed by atoms with Crippen LogP contribution in [-0.4, -0.2) is 24.7 Å². The molecule has 0 atom stereocenters. The predicted molar refractivity (Wildman–Crippen MR) is 111 cm³/mol. The van der Waals surface area contributed by atoms with Crippen molar-refractivity contribution in [1.82, 2.24) is 24.7 Å². The molecule has 3 heterocycles. The number of aromatic amines is 1. The van der Waals surface area contributed by atoms with Gasteiger partial charge in [-0.2, -0.15) is 0 Å². The van der Waals surface area contributed by atoms with Crippen LogP contribution in [0.3, 0.4) is 0 Å². The molecular formula is C20H21N5S2. The van der Waals surface area contributed by atoms with Crippen LogP contribution in [0.2, 0.25) is 0 Å². The van der Waals surface area contributed by atoms with Gasteiger partial charge in [-0.15, -0.1) is 21.5 Å². The molecule has 0 saturated heterocycles. The molecule has 4 aromatic rings. The standard InChI is InChI=1S/C20H21N5S2/c1-12(2)19-22-13(10-26-19)11-27-20-24-23-18(25(20)14-7-8-14)16-9-21-17-6-4-3-5-15(16)17/h3-6,9-10,12,14,21H,7-8,11H2,1-2H3. The molecule has 27 heavy (non-hydrogen) atoms. The summed E-state index contributed by atoms with van der Waals surface area (Å²) in [4.78, 5) is 8.10. The molecule has 7 heteroatoms. The number of nitrogens with zero attached hydrogens (tertiary/aromatic N) is 4. The first-order valence-electron chi connectivity index (χ1n) is 9.29. The van der Waals surface area contributed by atoms with Crippen LogP contribution >= 0.6 is 23.1 Å². The lowest BCUT2D eigenvalue weighted by atomic mass is 10.1. The zero-order chi connectivity index (χ0) is 18.4. The second kappa shape index (κ2) is 6.80. The summed E-state index contributed by atoms with van der Waals surface area (Å²) in [5.74, 6) is 2.29. The van der Waals surface area contributed by atoms with Gasteiger partial charge in [-0.3, -0.25) is 4.57 Å². The topological polar surface area (TPSA) is 59.4 Å². The molecule has 0 unspecified atom stereocenters. The number of aromatic nitrogens is 5. The van der Waals surface area contributed by atoms with Gasteiger partial charge in [0.15, 0.2) is 11.0 Å². The van der Waals surface area contributed by atoms with Crippen LogP contribution in [0.1, 0.15) is 49.4 Å². The summed E-state index contributed by atoms with van der Waals surface area (Å²) in [5, 5.41) is 14.7. The van der Waals surface area contributed by atoms with E-state index in [4.69, 9.17) is 4.98 Å². The van der Waals surface area contributed by atoms with Crippen molar-refractivity contribution in [2.75, 3.05) is 0 Å². The summed E-state index contributed by atoms with van der Waals surface area (Å²) < 4.78 is 2.33. The fourth-order valence-corrected chi connectivity index (χ4v) is 5.11. The normalized spacial score (nSPS) is 14.5. The molecule has 1 aromatic carbocycles. The summed E-state index contributed by atoms with van der Waals surface area (Å²) in [5.41, 5.74) is 3.40. The SMILES string of the molecule is CC(C)c1nc(CSc2nnc(-c3c[nH]c4ccccc34)n2C2CC2)cs1. The lowest BCUT2D eigenvalue weighted by molar-refractivity contribution is 0.669. The van der Waals surface area contributed by atoms with Crippen molar-refractivity contribution >= 4 is 34.0 Å². The number of fused-ring (bicyclic) bond motifs is 1. The Kier molecular flexibility index (Phi) is 4.28. The summed E-state index contributed by atoms with van der Waals surface area (Å²) in [7, 11) is 0. The number of thioether (sulfide) groups is 1. The lowest BCUT2D eigenvalue weighted by Crippen LogP contribution is -1.99. The average Bonchev–Trinajstić information content (AvgIpc) is 3.10. The maximum Gasteiger partial charge on any atom is 0.192 e. The van der Waals surface area contributed by atoms with E-state index in [1.54, 1.807) is 23.1 Å². The number of hydrogen-bond donors (Lipinski definition) is 1. The molecule has 5 rings (SSSR count). The first kappa shape index (κ1) is 17.0. The number of benzene rings is 1. The summed E-state index contributed by atoms with van der Waals surface area (Å²) in [6.07, 6.45) is 4.46. The number of rotatable bonds is 6. The molecule has 0 amide bonds. The minimum Gasteiger partial charge on any atom is -0.360 e. The monoisotopic (exact) mass is 395 g/mol. The van der Waals surface area contributed by atoms with Crippen molar-refractivity contribution in [3.8, 4) is 11.4 Å². The zero-order valence-corrected chi connectivity index (χ0v) is 17.0. The molecule has 1 N–H and O–H groups in total. The highest BCUT2D eigenvalue weighted by Gasteiger charge is 2.31. The Bertz CT molecular complexity index is 1090. The summed E-state index contributed by atoms with van der Waals surface area (Å²) in [6.45, 7) is 4.37. The Morgan fingerprint density at radius 2 is 2.11 bits per heavy atom. The predicted octanol–water partition coefficient (Wildman–Crippen LogP) is 5.63. The van der Waals surface area contributed by atoms with E-state index in [0.717, 1.165) is 33.5 Å². The molecule has 0 radical (unpaired) electrons. The Morgan fingerprint density at radius 1 is 1.26 bits per heavy atom. The van der Waals surface area contributed by atoms with Gasteiger partial charge in [0.05, 0.1) is 10.7 Å². The van der Waals surface area contributed by atoms with Crippen LogP contribution in [0.25, 0.3) is 22.3 Å². The van der Waals surface area contributed by atoms with Crippen molar-refractivity contribution in [2.24, 2.45) is 0 Å². The molecule has 1 aliphatic carbocycles. The molecule has 1 aliphatic rings. The highest BCUT2D eigenvalue weighted by molar-refractivity contribution is 7.98. The van der Waals surface area contributed by atoms with Gasteiger partial charge in [0.25, 0.3) is 0 Å². The van der Waals surface area contributed by atoms with Crippen LogP contribution in [0.15, 0.2) is 41.0 Å². The van der Waals surface area contributed by atoms with Crippen LogP contribution in [-0.2, 0) is 5.75 Å². The molecule has 1 saturated carbocycles. The van der Waals surface area contributed by atoms with Crippen molar-refractivity contribution < 1.29 is 0 Å². The van der Waals surface area contributed by atoms with E-state index >= 15 is 0 Å². The van der Waals surface area contributed by atoms with Gasteiger partial charge in [-0.05, 0) is 18.9 Å². The zero-order valence-electron chi connectivity index (χ0n) is 15.3. The number of para-hydroxylation sites is 1. The number of thiazole rings is 1. The van der Waals surface area contributed by atoms with Gasteiger partial charge >= 0.3 is 0 Å². The van der Waals surface area contributed by atoms with Crippen molar-refractivity contribution in [1.29, 1.82) is 0 Å². The lowest BCUT2D eigenvalue weighted by Gasteiger charge is -2.08. The highest BCUT2D eigenvalue weighted by atomic mass is 32.2. The van der Waals surface area contributed by atoms with Crippen molar-refractivity contribution in [2.45, 2.75) is 49.6 Å². The molecule has 1 fully saturated rings. The molecule has 0 spiro atoms. The van der Waals surface area contributed by atoms with Gasteiger partial charge < -0.3 is 4.98 Å². The summed E-state index contributed by atoms with van der Waals surface area (Å²) >= 11 is 3.49. The third-order valence-electron chi connectivity index (χ3n) is 4.82. The summed E-state index contributed by atoms with van der Waals surface area (Å²) in [6, 6.07) is 8.88. The van der Waals surface area contributed by atoms with Gasteiger partial charge in [-0.25, -0.2) is 4.98 Å². The van der Waals surface area contributed by atoms with E-state index < -0.39 is 0 Å². The largest absolute Gasteiger partial charge is 0.360 e. The Hall–Kier alpha value is -2.12. The second-order valence-electron chi connectivity index (χ2n) is 7.28. The quantitative estimate of drug-likeness (QED) is 0.430. The van der Waals surface area contributed by atoms with E-state index in [1.165, 1.54) is 23.2 Å². The van der Waals surface area contributed by atoms with Crippen LogP contribution in [0, 0.1) is 0 Å². The Morgan fingerprint density at radius 3 is 2.89 bits per heavy atom. The third kappa shape index (κ3) is 3.19. The highest BCUT2D eigenvalue weighted by Crippen LogP contribution is 2.42. The van der Waals surface area contributed by atoms with Crippen LogP contribution in [0.5, 0.6) is 0 Å². The van der Waals surface area contributed by atoms with E-state index in [2.05, 4.69) is 69.4 Å². The number of H-pyrrole nitrogens is 1. The third-order valence-corrected chi connectivity index (χ3v) is 6.99. The molecular weight excluding hydrogens is 374 g/mol. The molecule has 0 aliphatic heterocycles. The fourth-order valence-electron chi connectivity index (χ4n) is 3.27. The van der Waals surface area contributed by atoms with E-state index in [1.807, 2.05) is 0 Å². The van der Waals surface area contributed by atoms with Gasteiger partial charge in [0.1, 0.15) is 0 Å². The number of nitrogens with one attached hydrogen (secondary N) is 1. The van der Waals surface area contributed by atoms with E-state index in [9.17, 15) is 0 Å². The minimum atomic E-state index is 0.484. The Balaban J connectivity index is 1.45. The van der Waals surface area contributed by atoms with Crippen molar-refractivity contribution in [3.63, 3.8) is 0 Å². The minimum absolute atomic E-state index is 0.484. The molecule has 138 valence electrons. The molecule has 5 nitrogen and oxygen atoms in total. The van der Waals surface area contributed by atoms with Gasteiger partial charge in [-0.1, -0.05) is 43.8 Å². The first-order valence-corrected chi connectivity index (χ1v) is 11.2. The Labute approximate surface area is 166 Å².